The van der Waals surface area contributed by atoms with Gasteiger partial charge in [-0.2, -0.15) is 0 Å². The third-order valence-corrected chi connectivity index (χ3v) is 6.77. The number of benzene rings is 3. The summed E-state index contributed by atoms with van der Waals surface area (Å²) >= 11 is 0. The van der Waals surface area contributed by atoms with Gasteiger partial charge in [0.1, 0.15) is 6.04 Å². The zero-order valence-corrected chi connectivity index (χ0v) is 24.4. The molecule has 0 bridgehead atoms. The molecule has 0 unspecified atom stereocenters. The van der Waals surface area contributed by atoms with E-state index >= 15 is 0 Å². The monoisotopic (exact) mass is 544 g/mol. The maximum Gasteiger partial charge on any atom is 0.243 e. The lowest BCUT2D eigenvalue weighted by Crippen LogP contribution is -2.50. The van der Waals surface area contributed by atoms with Crippen LogP contribution in [0.4, 0.5) is 0 Å². The maximum absolute atomic E-state index is 13.9. The molecule has 1 N–H and O–H groups in total. The molecule has 0 radical (unpaired) electrons. The van der Waals surface area contributed by atoms with Crippen LogP contribution in [0, 0.1) is 6.92 Å². The van der Waals surface area contributed by atoms with Gasteiger partial charge in [-0.15, -0.1) is 0 Å². The topological polar surface area (TPSA) is 67.9 Å². The van der Waals surface area contributed by atoms with Crippen molar-refractivity contribution >= 4 is 11.8 Å². The zero-order valence-electron chi connectivity index (χ0n) is 24.4. The lowest BCUT2D eigenvalue weighted by molar-refractivity contribution is -0.141. The Bertz CT molecular complexity index is 1210. The van der Waals surface area contributed by atoms with E-state index in [9.17, 15) is 9.59 Å². The number of ether oxygens (including phenoxy) is 2. The summed E-state index contributed by atoms with van der Waals surface area (Å²) < 4.78 is 11.5. The van der Waals surface area contributed by atoms with Crippen LogP contribution < -0.4 is 14.8 Å². The zero-order chi connectivity index (χ0) is 28.7. The van der Waals surface area contributed by atoms with E-state index < -0.39 is 6.04 Å². The molecular formula is C34H44N2O4. The van der Waals surface area contributed by atoms with E-state index in [2.05, 4.69) is 18.3 Å². The average molecular weight is 545 g/mol. The molecule has 40 heavy (non-hydrogen) atoms. The second kappa shape index (κ2) is 16.3. The Morgan fingerprint density at radius 3 is 2.25 bits per heavy atom. The molecule has 2 amide bonds. The van der Waals surface area contributed by atoms with Gasteiger partial charge in [0.15, 0.2) is 11.5 Å². The van der Waals surface area contributed by atoms with Gasteiger partial charge < -0.3 is 19.7 Å². The fraction of sp³-hybridized carbons (Fsp3) is 0.412. The van der Waals surface area contributed by atoms with Crippen LogP contribution in [0.1, 0.15) is 62.3 Å². The Hall–Kier alpha value is -3.80. The van der Waals surface area contributed by atoms with Gasteiger partial charge >= 0.3 is 0 Å². The van der Waals surface area contributed by atoms with Crippen LogP contribution in [-0.2, 0) is 29.0 Å². The van der Waals surface area contributed by atoms with E-state index in [1.807, 2.05) is 87.5 Å². The van der Waals surface area contributed by atoms with Gasteiger partial charge in [-0.25, -0.2) is 0 Å². The molecule has 6 nitrogen and oxygen atoms in total. The van der Waals surface area contributed by atoms with Crippen LogP contribution in [0.5, 0.6) is 11.5 Å². The fourth-order valence-corrected chi connectivity index (χ4v) is 4.71. The first-order chi connectivity index (χ1) is 19.4. The van der Waals surface area contributed by atoms with Crippen LogP contribution >= 0.6 is 0 Å². The van der Waals surface area contributed by atoms with Crippen molar-refractivity contribution < 1.29 is 19.1 Å². The number of carbonyl (C=O) groups is 2. The standard InChI is InChI=1S/C34H44N2O4/c1-5-8-21-35-34(38)30(23-27-14-10-9-11-15-27)36(25-29-16-12-13-26(4)22-29)33(37)20-18-28-17-19-31(39-6-2)32(24-28)40-7-3/h9-17,19,22,24,30H,5-8,18,20-21,23,25H2,1-4H3,(H,35,38)/t30-/m1/s1. The summed E-state index contributed by atoms with van der Waals surface area (Å²) in [7, 11) is 0. The molecule has 0 spiro atoms. The molecule has 214 valence electrons. The molecule has 0 aromatic heterocycles. The first-order valence-electron chi connectivity index (χ1n) is 14.5. The SMILES string of the molecule is CCCCNC(=O)[C@@H](Cc1ccccc1)N(Cc1cccc(C)c1)C(=O)CCc1ccc(OCC)c(OCC)c1. The van der Waals surface area contributed by atoms with E-state index in [1.54, 1.807) is 4.90 Å². The van der Waals surface area contributed by atoms with Gasteiger partial charge in [0, 0.05) is 25.9 Å². The van der Waals surface area contributed by atoms with Crippen LogP contribution in [-0.4, -0.2) is 42.5 Å². The van der Waals surface area contributed by atoms with Crippen LogP contribution in [0.3, 0.4) is 0 Å². The van der Waals surface area contributed by atoms with Gasteiger partial charge in [-0.1, -0.05) is 79.6 Å². The third-order valence-electron chi connectivity index (χ3n) is 6.77. The third kappa shape index (κ3) is 9.44. The molecular weight excluding hydrogens is 500 g/mol. The second-order valence-electron chi connectivity index (χ2n) is 10.0. The van der Waals surface area contributed by atoms with Crippen molar-refractivity contribution in [2.75, 3.05) is 19.8 Å². The number of amides is 2. The average Bonchev–Trinajstić information content (AvgIpc) is 2.95. The summed E-state index contributed by atoms with van der Waals surface area (Å²) in [5.74, 6) is 1.22. The smallest absolute Gasteiger partial charge is 0.243 e. The van der Waals surface area contributed by atoms with E-state index in [0.29, 0.717) is 50.6 Å². The lowest BCUT2D eigenvalue weighted by Gasteiger charge is -2.32. The highest BCUT2D eigenvalue weighted by atomic mass is 16.5. The van der Waals surface area contributed by atoms with Gasteiger partial charge in [-0.05, 0) is 62.4 Å². The van der Waals surface area contributed by atoms with Crippen molar-refractivity contribution in [1.29, 1.82) is 0 Å². The minimum Gasteiger partial charge on any atom is -0.490 e. The highest BCUT2D eigenvalue weighted by molar-refractivity contribution is 5.88. The van der Waals surface area contributed by atoms with E-state index in [-0.39, 0.29) is 18.2 Å². The normalized spacial score (nSPS) is 11.5. The minimum atomic E-state index is -0.619. The van der Waals surface area contributed by atoms with E-state index in [1.165, 1.54) is 0 Å². The van der Waals surface area contributed by atoms with Crippen LogP contribution in [0.15, 0.2) is 72.8 Å². The Balaban J connectivity index is 1.88. The summed E-state index contributed by atoms with van der Waals surface area (Å²) in [5, 5.41) is 3.09. The predicted octanol–water partition coefficient (Wildman–Crippen LogP) is 6.28. The van der Waals surface area contributed by atoms with Gasteiger partial charge in [0.25, 0.3) is 0 Å². The minimum absolute atomic E-state index is 0.0556. The fourth-order valence-electron chi connectivity index (χ4n) is 4.71. The molecule has 0 aliphatic carbocycles. The molecule has 0 saturated heterocycles. The van der Waals surface area contributed by atoms with E-state index in [0.717, 1.165) is 35.1 Å². The van der Waals surface area contributed by atoms with Crippen molar-refractivity contribution in [3.05, 3.63) is 95.1 Å². The molecule has 0 saturated carbocycles. The molecule has 0 aliphatic rings. The number of nitrogens with zero attached hydrogens (tertiary/aromatic N) is 1. The van der Waals surface area contributed by atoms with Crippen molar-refractivity contribution in [1.82, 2.24) is 10.2 Å². The predicted molar refractivity (Wildman–Crippen MR) is 161 cm³/mol. The first kappa shape index (κ1) is 30.7. The number of rotatable bonds is 16. The molecule has 6 heteroatoms. The summed E-state index contributed by atoms with van der Waals surface area (Å²) in [6.45, 7) is 10.1. The molecule has 0 fully saturated rings. The number of carbonyl (C=O) groups excluding carboxylic acids is 2. The largest absolute Gasteiger partial charge is 0.490 e. The molecule has 3 aromatic rings. The Labute approximate surface area is 239 Å². The summed E-state index contributed by atoms with van der Waals surface area (Å²) in [5.41, 5.74) is 4.14. The highest BCUT2D eigenvalue weighted by Gasteiger charge is 2.30. The van der Waals surface area contributed by atoms with Crippen molar-refractivity contribution in [3.63, 3.8) is 0 Å². The molecule has 3 rings (SSSR count). The van der Waals surface area contributed by atoms with E-state index in [4.69, 9.17) is 9.47 Å². The van der Waals surface area contributed by atoms with Gasteiger partial charge in [0.2, 0.25) is 11.8 Å². The number of hydrogen-bond donors (Lipinski definition) is 1. The number of hydrogen-bond acceptors (Lipinski definition) is 4. The molecule has 0 heterocycles. The molecule has 3 aromatic carbocycles. The number of unbranched alkanes of at least 4 members (excludes halogenated alkanes) is 1. The number of nitrogens with one attached hydrogen (secondary N) is 1. The Morgan fingerprint density at radius 2 is 1.55 bits per heavy atom. The number of aryl methyl sites for hydroxylation is 2. The first-order valence-corrected chi connectivity index (χ1v) is 14.5. The van der Waals surface area contributed by atoms with Gasteiger partial charge in [-0.3, -0.25) is 9.59 Å². The Kier molecular flexibility index (Phi) is 12.6. The summed E-state index contributed by atoms with van der Waals surface area (Å²) in [4.78, 5) is 29.3. The maximum atomic E-state index is 13.9. The van der Waals surface area contributed by atoms with Crippen LogP contribution in [0.25, 0.3) is 0 Å². The molecule has 0 aliphatic heterocycles. The lowest BCUT2D eigenvalue weighted by atomic mass is 10.0. The van der Waals surface area contributed by atoms with Crippen molar-refractivity contribution in [3.8, 4) is 11.5 Å². The van der Waals surface area contributed by atoms with Gasteiger partial charge in [0.05, 0.1) is 13.2 Å². The quantitative estimate of drug-likeness (QED) is 0.216. The second-order valence-corrected chi connectivity index (χ2v) is 10.0. The molecule has 1 atom stereocenters. The Morgan fingerprint density at radius 1 is 0.825 bits per heavy atom. The van der Waals surface area contributed by atoms with Crippen molar-refractivity contribution in [2.24, 2.45) is 0 Å². The summed E-state index contributed by atoms with van der Waals surface area (Å²) in [6, 6.07) is 23.3. The van der Waals surface area contributed by atoms with Crippen molar-refractivity contribution in [2.45, 2.75) is 72.4 Å². The van der Waals surface area contributed by atoms with Crippen LogP contribution in [0.2, 0.25) is 0 Å². The summed E-state index contributed by atoms with van der Waals surface area (Å²) in [6.07, 6.45) is 3.15. The highest BCUT2D eigenvalue weighted by Crippen LogP contribution is 2.29.